The first-order valence-corrected chi connectivity index (χ1v) is 8.82. The summed E-state index contributed by atoms with van der Waals surface area (Å²) >= 11 is 6.99. The van der Waals surface area contributed by atoms with E-state index in [0.717, 1.165) is 30.1 Å². The van der Waals surface area contributed by atoms with Gasteiger partial charge >= 0.3 is 0 Å². The van der Waals surface area contributed by atoms with Crippen LogP contribution in [0.5, 0.6) is 0 Å². The molecule has 23 heavy (non-hydrogen) atoms. The molecule has 0 aliphatic rings. The monoisotopic (exact) mass is 342 g/mol. The molecule has 0 spiro atoms. The summed E-state index contributed by atoms with van der Waals surface area (Å²) in [5.74, 6) is 0.989. The highest BCUT2D eigenvalue weighted by Gasteiger charge is 2.09. The van der Waals surface area contributed by atoms with Crippen LogP contribution in [0.3, 0.4) is 0 Å². The summed E-state index contributed by atoms with van der Waals surface area (Å²) in [6.07, 6.45) is 4.80. The number of anilines is 1. The number of fused-ring (bicyclic) bond motifs is 1. The first-order valence-electron chi connectivity index (χ1n) is 7.42. The Kier molecular flexibility index (Phi) is 5.15. The Morgan fingerprint density at radius 2 is 2.00 bits per heavy atom. The Labute approximate surface area is 145 Å². The van der Waals surface area contributed by atoms with E-state index < -0.39 is 0 Å². The molecule has 2 N–H and O–H groups in total. The molecule has 2 heterocycles. The van der Waals surface area contributed by atoms with E-state index >= 15 is 0 Å². The quantitative estimate of drug-likeness (QED) is 0.421. The van der Waals surface area contributed by atoms with Crippen LogP contribution in [0.2, 0.25) is 0 Å². The highest BCUT2D eigenvalue weighted by molar-refractivity contribution is 7.99. The van der Waals surface area contributed by atoms with Gasteiger partial charge in [0, 0.05) is 30.4 Å². The van der Waals surface area contributed by atoms with Gasteiger partial charge in [0.1, 0.15) is 5.65 Å². The Hall–Kier alpha value is -2.05. The summed E-state index contributed by atoms with van der Waals surface area (Å²) in [5, 5.41) is 1.61. The van der Waals surface area contributed by atoms with Crippen molar-refractivity contribution < 1.29 is 0 Å². The zero-order valence-electron chi connectivity index (χ0n) is 12.6. The van der Waals surface area contributed by atoms with Gasteiger partial charge in [0.25, 0.3) is 0 Å². The molecule has 4 nitrogen and oxygen atoms in total. The minimum atomic E-state index is 0.415. The fourth-order valence-electron chi connectivity index (χ4n) is 2.41. The van der Waals surface area contributed by atoms with Gasteiger partial charge in [0.2, 0.25) is 0 Å². The van der Waals surface area contributed by atoms with Crippen molar-refractivity contribution in [3.05, 3.63) is 60.9 Å². The number of benzene rings is 1. The molecule has 2 aromatic heterocycles. The summed E-state index contributed by atoms with van der Waals surface area (Å²) in [6.45, 7) is 0.812. The second-order valence-electron chi connectivity index (χ2n) is 5.05. The average molecular weight is 342 g/mol. The summed E-state index contributed by atoms with van der Waals surface area (Å²) < 4.78 is 2.10. The van der Waals surface area contributed by atoms with Crippen molar-refractivity contribution >= 4 is 40.4 Å². The molecule has 0 fully saturated rings. The van der Waals surface area contributed by atoms with Crippen LogP contribution in [0.15, 0.2) is 66.0 Å². The highest BCUT2D eigenvalue weighted by Crippen LogP contribution is 2.21. The van der Waals surface area contributed by atoms with Crippen LogP contribution in [0.1, 0.15) is 6.42 Å². The molecule has 6 heteroatoms. The Balaban J connectivity index is 1.58. The van der Waals surface area contributed by atoms with Crippen LogP contribution in [0, 0.1) is 0 Å². The van der Waals surface area contributed by atoms with Crippen molar-refractivity contribution in [3.63, 3.8) is 0 Å². The second kappa shape index (κ2) is 7.48. The lowest BCUT2D eigenvalue weighted by molar-refractivity contribution is 0.910. The number of rotatable bonds is 6. The fourth-order valence-corrected chi connectivity index (χ4v) is 3.56. The van der Waals surface area contributed by atoms with E-state index in [1.54, 1.807) is 0 Å². The van der Waals surface area contributed by atoms with Crippen molar-refractivity contribution in [2.24, 2.45) is 5.73 Å². The molecule has 0 aliphatic carbocycles. The maximum Gasteiger partial charge on any atom is 0.170 e. The maximum absolute atomic E-state index is 5.86. The topological polar surface area (TPSA) is 46.6 Å². The number of imidazole rings is 1. The zero-order chi connectivity index (χ0) is 16.1. The summed E-state index contributed by atoms with van der Waals surface area (Å²) in [5.41, 5.74) is 7.88. The van der Waals surface area contributed by atoms with Crippen LogP contribution in [0.25, 0.3) is 5.65 Å². The van der Waals surface area contributed by atoms with E-state index in [1.165, 1.54) is 5.03 Å². The van der Waals surface area contributed by atoms with Crippen LogP contribution in [0.4, 0.5) is 5.69 Å². The minimum Gasteiger partial charge on any atom is -0.376 e. The lowest BCUT2D eigenvalue weighted by atomic mass is 10.3. The highest BCUT2D eigenvalue weighted by atomic mass is 32.2. The van der Waals surface area contributed by atoms with Gasteiger partial charge in [-0.2, -0.15) is 0 Å². The van der Waals surface area contributed by atoms with Gasteiger partial charge in [-0.25, -0.2) is 4.98 Å². The second-order valence-corrected chi connectivity index (χ2v) is 6.58. The van der Waals surface area contributed by atoms with Crippen LogP contribution in [-0.4, -0.2) is 26.8 Å². The van der Waals surface area contributed by atoms with Crippen molar-refractivity contribution in [1.29, 1.82) is 0 Å². The molecule has 0 amide bonds. The van der Waals surface area contributed by atoms with Crippen molar-refractivity contribution in [3.8, 4) is 0 Å². The van der Waals surface area contributed by atoms with E-state index in [-0.39, 0.29) is 0 Å². The molecular formula is C17H18N4S2. The van der Waals surface area contributed by atoms with Gasteiger partial charge in [0.15, 0.2) is 5.11 Å². The molecule has 0 saturated heterocycles. The molecule has 3 aromatic rings. The number of nitrogens with zero attached hydrogens (tertiary/aromatic N) is 3. The fraction of sp³-hybridized carbons (Fsp3) is 0.176. The lowest BCUT2D eigenvalue weighted by Gasteiger charge is -2.22. The molecule has 118 valence electrons. The van der Waals surface area contributed by atoms with Crippen molar-refractivity contribution in [2.45, 2.75) is 11.4 Å². The first kappa shape index (κ1) is 15.8. The number of para-hydroxylation sites is 1. The van der Waals surface area contributed by atoms with Gasteiger partial charge in [-0.1, -0.05) is 24.3 Å². The number of thioether (sulfide) groups is 1. The van der Waals surface area contributed by atoms with E-state index in [4.69, 9.17) is 18.0 Å². The average Bonchev–Trinajstić information content (AvgIpc) is 3.04. The predicted molar refractivity (Wildman–Crippen MR) is 101 cm³/mol. The van der Waals surface area contributed by atoms with E-state index in [2.05, 4.69) is 15.5 Å². The van der Waals surface area contributed by atoms with Gasteiger partial charge in [0.05, 0.1) is 5.03 Å². The maximum atomic E-state index is 5.86. The number of hydrogen-bond acceptors (Lipinski definition) is 3. The first-order chi connectivity index (χ1) is 11.3. The Morgan fingerprint density at radius 3 is 2.78 bits per heavy atom. The molecule has 0 unspecified atom stereocenters. The van der Waals surface area contributed by atoms with Crippen LogP contribution >= 0.6 is 24.0 Å². The molecule has 1 aromatic carbocycles. The van der Waals surface area contributed by atoms with Crippen molar-refractivity contribution in [2.75, 3.05) is 17.2 Å². The third kappa shape index (κ3) is 3.83. The molecule has 0 aliphatic heterocycles. The van der Waals surface area contributed by atoms with Crippen LogP contribution < -0.4 is 10.6 Å². The van der Waals surface area contributed by atoms with E-state index in [1.807, 2.05) is 71.5 Å². The largest absolute Gasteiger partial charge is 0.376 e. The van der Waals surface area contributed by atoms with Gasteiger partial charge in [-0.3, -0.25) is 4.40 Å². The summed E-state index contributed by atoms with van der Waals surface area (Å²) in [4.78, 5) is 6.29. The molecule has 0 saturated carbocycles. The number of pyridine rings is 1. The standard InChI is InChI=1S/C17H18N4S2/c18-17(22)20(14-6-2-1-3-7-14)11-5-13-23-16-9-4-8-15-19-10-12-21(15)16/h1-4,6-10,12H,5,11,13H2,(H2,18,22). The molecule has 0 bridgehead atoms. The lowest BCUT2D eigenvalue weighted by Crippen LogP contribution is -2.36. The van der Waals surface area contributed by atoms with Gasteiger partial charge in [-0.15, -0.1) is 11.8 Å². The third-order valence-corrected chi connectivity index (χ3v) is 4.84. The smallest absolute Gasteiger partial charge is 0.170 e. The molecule has 0 radical (unpaired) electrons. The molecule has 3 rings (SSSR count). The zero-order valence-corrected chi connectivity index (χ0v) is 14.3. The van der Waals surface area contributed by atoms with E-state index in [0.29, 0.717) is 5.11 Å². The predicted octanol–water partition coefficient (Wildman–Crippen LogP) is 3.57. The van der Waals surface area contributed by atoms with Gasteiger partial charge in [-0.05, 0) is 42.9 Å². The van der Waals surface area contributed by atoms with Gasteiger partial charge < -0.3 is 10.6 Å². The third-order valence-electron chi connectivity index (χ3n) is 3.50. The number of hydrogen-bond donors (Lipinski definition) is 1. The SMILES string of the molecule is NC(=S)N(CCCSc1cccc2nccn12)c1ccccc1. The Bertz CT molecular complexity index is 785. The van der Waals surface area contributed by atoms with Crippen molar-refractivity contribution in [1.82, 2.24) is 9.38 Å². The molecular weight excluding hydrogens is 324 g/mol. The normalized spacial score (nSPS) is 10.8. The Morgan fingerprint density at radius 1 is 1.17 bits per heavy atom. The van der Waals surface area contributed by atoms with E-state index in [9.17, 15) is 0 Å². The summed E-state index contributed by atoms with van der Waals surface area (Å²) in [7, 11) is 0. The molecule has 0 atom stereocenters. The van der Waals surface area contributed by atoms with Crippen LogP contribution in [-0.2, 0) is 0 Å². The number of nitrogens with two attached hydrogens (primary N) is 1. The minimum absolute atomic E-state index is 0.415. The number of thiocarbonyl (C=S) groups is 1. The summed E-state index contributed by atoms with van der Waals surface area (Å²) in [6, 6.07) is 16.2. The number of aromatic nitrogens is 2.